The van der Waals surface area contributed by atoms with Crippen molar-refractivity contribution >= 4 is 11.6 Å². The van der Waals surface area contributed by atoms with Gasteiger partial charge in [0, 0.05) is 11.6 Å². The van der Waals surface area contributed by atoms with Gasteiger partial charge in [0.2, 0.25) is 11.7 Å². The highest BCUT2D eigenvalue weighted by Crippen LogP contribution is 2.28. The molecule has 2 N–H and O–H groups in total. The Balaban J connectivity index is 1.92. The lowest BCUT2D eigenvalue weighted by Crippen LogP contribution is -2.26. The Hall–Kier alpha value is -1.43. The maximum atomic E-state index is 6.09. The fourth-order valence-electron chi connectivity index (χ4n) is 1.96. The van der Waals surface area contributed by atoms with Gasteiger partial charge in [-0.05, 0) is 12.1 Å². The third kappa shape index (κ3) is 2.01. The Morgan fingerprint density at radius 1 is 1.28 bits per heavy atom. The van der Waals surface area contributed by atoms with Crippen molar-refractivity contribution in [3.63, 3.8) is 0 Å². The van der Waals surface area contributed by atoms with Crippen molar-refractivity contribution in [2.75, 3.05) is 13.2 Å². The molecule has 3 rings (SSSR count). The summed E-state index contributed by atoms with van der Waals surface area (Å²) >= 11 is 6.09. The van der Waals surface area contributed by atoms with Gasteiger partial charge in [0.15, 0.2) is 0 Å². The predicted octanol–water partition coefficient (Wildman–Crippen LogP) is 1.83. The molecule has 1 aliphatic rings. The smallest absolute Gasteiger partial charge is 0.234 e. The average Bonchev–Trinajstić information content (AvgIpc) is 2.98. The van der Waals surface area contributed by atoms with E-state index in [0.29, 0.717) is 30.0 Å². The van der Waals surface area contributed by atoms with Gasteiger partial charge in [-0.2, -0.15) is 4.98 Å². The van der Waals surface area contributed by atoms with Crippen LogP contribution >= 0.6 is 11.6 Å². The monoisotopic (exact) mass is 265 g/mol. The molecule has 1 saturated heterocycles. The van der Waals surface area contributed by atoms with Crippen molar-refractivity contribution < 1.29 is 9.26 Å². The first-order valence-corrected chi connectivity index (χ1v) is 6.05. The second kappa shape index (κ2) is 4.68. The fraction of sp³-hybridized carbons (Fsp3) is 0.333. The van der Waals surface area contributed by atoms with Crippen molar-refractivity contribution in [1.82, 2.24) is 10.1 Å². The number of nitrogens with two attached hydrogens (primary N) is 1. The number of hydrogen-bond donors (Lipinski definition) is 1. The molecule has 1 aromatic carbocycles. The van der Waals surface area contributed by atoms with E-state index >= 15 is 0 Å². The fourth-order valence-corrected chi connectivity index (χ4v) is 2.18. The van der Waals surface area contributed by atoms with E-state index in [1.54, 1.807) is 6.07 Å². The molecule has 18 heavy (non-hydrogen) atoms. The van der Waals surface area contributed by atoms with Crippen molar-refractivity contribution in [2.24, 2.45) is 5.73 Å². The van der Waals surface area contributed by atoms with Crippen molar-refractivity contribution in [2.45, 2.75) is 12.0 Å². The van der Waals surface area contributed by atoms with Gasteiger partial charge in [-0.25, -0.2) is 0 Å². The van der Waals surface area contributed by atoms with E-state index in [1.807, 2.05) is 18.2 Å². The molecule has 0 amide bonds. The molecule has 94 valence electrons. The predicted molar refractivity (Wildman–Crippen MR) is 66.3 cm³/mol. The summed E-state index contributed by atoms with van der Waals surface area (Å²) in [5, 5.41) is 4.54. The van der Waals surface area contributed by atoms with Crippen molar-refractivity contribution in [1.29, 1.82) is 0 Å². The highest BCUT2D eigenvalue weighted by atomic mass is 35.5. The molecule has 2 aromatic rings. The molecule has 6 heteroatoms. The zero-order valence-electron chi connectivity index (χ0n) is 9.54. The molecule has 1 aliphatic heterocycles. The van der Waals surface area contributed by atoms with E-state index in [1.165, 1.54) is 0 Å². The zero-order chi connectivity index (χ0) is 12.5. The number of ether oxygens (including phenoxy) is 1. The van der Waals surface area contributed by atoms with E-state index in [2.05, 4.69) is 10.1 Å². The Kier molecular flexibility index (Phi) is 3.03. The van der Waals surface area contributed by atoms with Gasteiger partial charge in [-0.1, -0.05) is 28.9 Å². The highest BCUT2D eigenvalue weighted by molar-refractivity contribution is 6.33. The summed E-state index contributed by atoms with van der Waals surface area (Å²) in [5.74, 6) is 0.957. The Labute approximate surface area is 109 Å². The molecular weight excluding hydrogens is 254 g/mol. The minimum Gasteiger partial charge on any atom is -0.379 e. The van der Waals surface area contributed by atoms with Crippen LogP contribution in [0.5, 0.6) is 0 Å². The molecule has 2 heterocycles. The molecule has 0 radical (unpaired) electrons. The molecule has 0 bridgehead atoms. The van der Waals surface area contributed by atoms with E-state index < -0.39 is 0 Å². The molecule has 2 atom stereocenters. The largest absolute Gasteiger partial charge is 0.379 e. The lowest BCUT2D eigenvalue weighted by atomic mass is 10.1. The van der Waals surface area contributed by atoms with Crippen LogP contribution in [0.4, 0.5) is 0 Å². The van der Waals surface area contributed by atoms with Crippen LogP contribution in [0.2, 0.25) is 5.02 Å². The highest BCUT2D eigenvalue weighted by Gasteiger charge is 2.31. The maximum Gasteiger partial charge on any atom is 0.234 e. The second-order valence-corrected chi connectivity index (χ2v) is 4.65. The Morgan fingerprint density at radius 2 is 2.11 bits per heavy atom. The molecule has 0 aliphatic carbocycles. The third-order valence-electron chi connectivity index (χ3n) is 3.00. The summed E-state index contributed by atoms with van der Waals surface area (Å²) in [6.45, 7) is 1.04. The van der Waals surface area contributed by atoms with Gasteiger partial charge in [0.1, 0.15) is 0 Å². The van der Waals surface area contributed by atoms with E-state index in [-0.39, 0.29) is 12.0 Å². The van der Waals surface area contributed by atoms with Gasteiger partial charge >= 0.3 is 0 Å². The van der Waals surface area contributed by atoms with E-state index in [4.69, 9.17) is 26.6 Å². The summed E-state index contributed by atoms with van der Waals surface area (Å²) in [5.41, 5.74) is 6.66. The SMILES string of the molecule is NC1COCC1c1nc(-c2ccccc2Cl)no1. The van der Waals surface area contributed by atoms with Crippen molar-refractivity contribution in [3.05, 3.63) is 35.2 Å². The number of nitrogens with zero attached hydrogens (tertiary/aromatic N) is 2. The Bertz CT molecular complexity index is 558. The van der Waals surface area contributed by atoms with Gasteiger partial charge in [0.05, 0.1) is 24.2 Å². The first-order valence-electron chi connectivity index (χ1n) is 5.67. The lowest BCUT2D eigenvalue weighted by Gasteiger charge is -2.06. The van der Waals surface area contributed by atoms with Crippen LogP contribution < -0.4 is 5.73 Å². The number of halogens is 1. The van der Waals surface area contributed by atoms with Crippen LogP contribution in [0, 0.1) is 0 Å². The minimum atomic E-state index is -0.0930. The quantitative estimate of drug-likeness (QED) is 0.897. The maximum absolute atomic E-state index is 6.09. The van der Waals surface area contributed by atoms with E-state index in [9.17, 15) is 0 Å². The van der Waals surface area contributed by atoms with Gasteiger partial charge in [-0.15, -0.1) is 0 Å². The average molecular weight is 266 g/mol. The molecule has 1 fully saturated rings. The summed E-state index contributed by atoms with van der Waals surface area (Å²) in [7, 11) is 0. The van der Waals surface area contributed by atoms with Crippen molar-refractivity contribution in [3.8, 4) is 11.4 Å². The number of benzene rings is 1. The standard InChI is InChI=1S/C12H12ClN3O2/c13-9-4-2-1-3-7(9)11-15-12(18-16-11)8-5-17-6-10(8)14/h1-4,8,10H,5-6,14H2. The summed E-state index contributed by atoms with van der Waals surface area (Å²) < 4.78 is 10.5. The van der Waals surface area contributed by atoms with Crippen LogP contribution in [0.3, 0.4) is 0 Å². The van der Waals surface area contributed by atoms with E-state index in [0.717, 1.165) is 5.56 Å². The normalized spacial score (nSPS) is 23.4. The number of aromatic nitrogens is 2. The summed E-state index contributed by atoms with van der Waals surface area (Å²) in [4.78, 5) is 4.35. The topological polar surface area (TPSA) is 74.2 Å². The van der Waals surface area contributed by atoms with Gasteiger partial charge in [-0.3, -0.25) is 0 Å². The van der Waals surface area contributed by atoms with Crippen LogP contribution in [0.15, 0.2) is 28.8 Å². The minimum absolute atomic E-state index is 0.0336. The molecule has 2 unspecified atom stereocenters. The second-order valence-electron chi connectivity index (χ2n) is 4.24. The molecule has 5 nitrogen and oxygen atoms in total. The van der Waals surface area contributed by atoms with Gasteiger partial charge < -0.3 is 15.0 Å². The molecule has 0 spiro atoms. The molecule has 0 saturated carbocycles. The number of hydrogen-bond acceptors (Lipinski definition) is 5. The van der Waals surface area contributed by atoms with Crippen LogP contribution in [0.25, 0.3) is 11.4 Å². The van der Waals surface area contributed by atoms with Crippen LogP contribution in [-0.4, -0.2) is 29.4 Å². The summed E-state index contributed by atoms with van der Waals surface area (Å²) in [6, 6.07) is 7.28. The summed E-state index contributed by atoms with van der Waals surface area (Å²) in [6.07, 6.45) is 0. The third-order valence-corrected chi connectivity index (χ3v) is 3.33. The Morgan fingerprint density at radius 3 is 2.83 bits per heavy atom. The van der Waals surface area contributed by atoms with Crippen LogP contribution in [0.1, 0.15) is 11.8 Å². The zero-order valence-corrected chi connectivity index (χ0v) is 10.3. The number of rotatable bonds is 2. The lowest BCUT2D eigenvalue weighted by molar-refractivity contribution is 0.187. The molecule has 1 aromatic heterocycles. The first kappa shape index (κ1) is 11.6. The van der Waals surface area contributed by atoms with Crippen LogP contribution in [-0.2, 0) is 4.74 Å². The molecular formula is C12H12ClN3O2. The van der Waals surface area contributed by atoms with Gasteiger partial charge in [0.25, 0.3) is 0 Å². The first-order chi connectivity index (χ1) is 8.75.